The largest absolute Gasteiger partial charge is 0.340 e. The second kappa shape index (κ2) is 8.75. The average molecular weight is 420 g/mol. The molecule has 1 aromatic heterocycles. The highest BCUT2D eigenvalue weighted by atomic mass is 35.5. The number of amides is 3. The van der Waals surface area contributed by atoms with Gasteiger partial charge in [0.15, 0.2) is 0 Å². The first-order chi connectivity index (χ1) is 13.4. The van der Waals surface area contributed by atoms with Crippen molar-refractivity contribution in [3.05, 3.63) is 56.7 Å². The van der Waals surface area contributed by atoms with Gasteiger partial charge in [-0.25, -0.2) is 0 Å². The fourth-order valence-electron chi connectivity index (χ4n) is 3.09. The molecule has 148 valence electrons. The topological polar surface area (TPSA) is 69.7 Å². The van der Waals surface area contributed by atoms with Crippen LogP contribution in [0.5, 0.6) is 0 Å². The summed E-state index contributed by atoms with van der Waals surface area (Å²) in [6.07, 6.45) is 0. The van der Waals surface area contributed by atoms with Gasteiger partial charge in [0.05, 0.1) is 15.5 Å². The Kier molecular flexibility index (Phi) is 6.36. The lowest BCUT2D eigenvalue weighted by Crippen LogP contribution is -2.55. The van der Waals surface area contributed by atoms with Gasteiger partial charge in [-0.05, 0) is 38.1 Å². The third kappa shape index (κ3) is 4.54. The number of carbonyl (C=O) groups is 3. The maximum absolute atomic E-state index is 12.7. The van der Waals surface area contributed by atoms with Crippen molar-refractivity contribution in [2.75, 3.05) is 26.2 Å². The Morgan fingerprint density at radius 3 is 2.29 bits per heavy atom. The molecule has 1 fully saturated rings. The first kappa shape index (κ1) is 20.4. The van der Waals surface area contributed by atoms with Gasteiger partial charge in [-0.1, -0.05) is 23.7 Å². The van der Waals surface area contributed by atoms with E-state index in [1.54, 1.807) is 41.0 Å². The normalized spacial score (nSPS) is 15.2. The van der Waals surface area contributed by atoms with Crippen molar-refractivity contribution >= 4 is 40.7 Å². The minimum atomic E-state index is -0.675. The van der Waals surface area contributed by atoms with Crippen LogP contribution in [-0.4, -0.2) is 59.7 Å². The fraction of sp³-hybridized carbons (Fsp3) is 0.350. The van der Waals surface area contributed by atoms with E-state index >= 15 is 0 Å². The molecule has 1 N–H and O–H groups in total. The van der Waals surface area contributed by atoms with Crippen LogP contribution in [0.3, 0.4) is 0 Å². The Hall–Kier alpha value is -2.38. The molecule has 1 saturated heterocycles. The summed E-state index contributed by atoms with van der Waals surface area (Å²) in [6, 6.07) is 9.81. The molecule has 3 rings (SSSR count). The number of piperazine rings is 1. The van der Waals surface area contributed by atoms with Crippen molar-refractivity contribution in [1.29, 1.82) is 0 Å². The van der Waals surface area contributed by atoms with Gasteiger partial charge in [-0.3, -0.25) is 14.4 Å². The number of nitrogens with zero attached hydrogens (tertiary/aromatic N) is 2. The summed E-state index contributed by atoms with van der Waals surface area (Å²) in [7, 11) is 0. The predicted octanol–water partition coefficient (Wildman–Crippen LogP) is 2.81. The molecule has 0 bridgehead atoms. The van der Waals surface area contributed by atoms with Gasteiger partial charge in [0.25, 0.3) is 11.8 Å². The third-order valence-corrected chi connectivity index (χ3v) is 5.98. The SMILES string of the molecule is Cc1ccc(C(=O)N2CCN(C(=O)C(C)NC(=O)c3ccccc3Cl)CC2)s1. The van der Waals surface area contributed by atoms with Crippen LogP contribution in [0.4, 0.5) is 0 Å². The van der Waals surface area contributed by atoms with Crippen LogP contribution in [0.15, 0.2) is 36.4 Å². The van der Waals surface area contributed by atoms with Crippen molar-refractivity contribution in [3.63, 3.8) is 0 Å². The van der Waals surface area contributed by atoms with Crippen LogP contribution in [-0.2, 0) is 4.79 Å². The molecule has 1 unspecified atom stereocenters. The Labute approximate surface area is 173 Å². The molecule has 0 aliphatic carbocycles. The van der Waals surface area contributed by atoms with Gasteiger partial charge in [0.1, 0.15) is 6.04 Å². The summed E-state index contributed by atoms with van der Waals surface area (Å²) in [4.78, 5) is 42.8. The number of hydrogen-bond acceptors (Lipinski definition) is 4. The van der Waals surface area contributed by atoms with Crippen LogP contribution in [0.1, 0.15) is 31.8 Å². The van der Waals surface area contributed by atoms with Gasteiger partial charge in [-0.15, -0.1) is 11.3 Å². The summed E-state index contributed by atoms with van der Waals surface area (Å²) in [5.74, 6) is -0.543. The van der Waals surface area contributed by atoms with Crippen LogP contribution >= 0.6 is 22.9 Å². The van der Waals surface area contributed by atoms with Crippen LogP contribution in [0.25, 0.3) is 0 Å². The van der Waals surface area contributed by atoms with E-state index in [4.69, 9.17) is 11.6 Å². The van der Waals surface area contributed by atoms with E-state index in [2.05, 4.69) is 5.32 Å². The highest BCUT2D eigenvalue weighted by Gasteiger charge is 2.28. The fourth-order valence-corrected chi connectivity index (χ4v) is 4.15. The van der Waals surface area contributed by atoms with E-state index in [1.165, 1.54) is 11.3 Å². The molecule has 8 heteroatoms. The average Bonchev–Trinajstić information content (AvgIpc) is 3.13. The molecule has 6 nitrogen and oxygen atoms in total. The molecule has 28 heavy (non-hydrogen) atoms. The molecule has 0 radical (unpaired) electrons. The lowest BCUT2D eigenvalue weighted by atomic mass is 10.2. The molecular formula is C20H22ClN3O3S. The Balaban J connectivity index is 1.53. The first-order valence-corrected chi connectivity index (χ1v) is 10.3. The molecule has 1 aliphatic heterocycles. The Bertz CT molecular complexity index is 890. The molecule has 0 spiro atoms. The van der Waals surface area contributed by atoms with E-state index in [-0.39, 0.29) is 17.7 Å². The third-order valence-electron chi connectivity index (χ3n) is 4.67. The van der Waals surface area contributed by atoms with Crippen molar-refractivity contribution in [2.45, 2.75) is 19.9 Å². The maximum Gasteiger partial charge on any atom is 0.264 e. The van der Waals surface area contributed by atoms with Crippen LogP contribution in [0, 0.1) is 6.92 Å². The lowest BCUT2D eigenvalue weighted by molar-refractivity contribution is -0.134. The highest BCUT2D eigenvalue weighted by Crippen LogP contribution is 2.18. The summed E-state index contributed by atoms with van der Waals surface area (Å²) in [5, 5.41) is 3.05. The minimum Gasteiger partial charge on any atom is -0.340 e. The van der Waals surface area contributed by atoms with Gasteiger partial charge < -0.3 is 15.1 Å². The van der Waals surface area contributed by atoms with E-state index in [0.717, 1.165) is 9.75 Å². The molecule has 1 atom stereocenters. The lowest BCUT2D eigenvalue weighted by Gasteiger charge is -2.35. The smallest absolute Gasteiger partial charge is 0.264 e. The Morgan fingerprint density at radius 1 is 1.04 bits per heavy atom. The highest BCUT2D eigenvalue weighted by molar-refractivity contribution is 7.13. The molecule has 3 amide bonds. The molecule has 0 saturated carbocycles. The second-order valence-corrected chi connectivity index (χ2v) is 8.40. The van der Waals surface area contributed by atoms with E-state index in [1.807, 2.05) is 19.1 Å². The summed E-state index contributed by atoms with van der Waals surface area (Å²) < 4.78 is 0. The maximum atomic E-state index is 12.7. The zero-order valence-corrected chi connectivity index (χ0v) is 17.3. The molecule has 1 aromatic carbocycles. The molecule has 2 aromatic rings. The summed E-state index contributed by atoms with van der Waals surface area (Å²) in [6.45, 7) is 5.47. The zero-order valence-electron chi connectivity index (χ0n) is 15.8. The van der Waals surface area contributed by atoms with Gasteiger partial charge in [0.2, 0.25) is 5.91 Å². The quantitative estimate of drug-likeness (QED) is 0.828. The van der Waals surface area contributed by atoms with Crippen molar-refractivity contribution < 1.29 is 14.4 Å². The van der Waals surface area contributed by atoms with E-state index in [0.29, 0.717) is 36.8 Å². The van der Waals surface area contributed by atoms with Gasteiger partial charge in [0, 0.05) is 31.1 Å². The van der Waals surface area contributed by atoms with Crippen LogP contribution in [0.2, 0.25) is 5.02 Å². The molecule has 1 aliphatic rings. The predicted molar refractivity (Wildman–Crippen MR) is 110 cm³/mol. The van der Waals surface area contributed by atoms with Crippen molar-refractivity contribution in [2.24, 2.45) is 0 Å². The number of hydrogen-bond donors (Lipinski definition) is 1. The van der Waals surface area contributed by atoms with Crippen molar-refractivity contribution in [1.82, 2.24) is 15.1 Å². The summed E-state index contributed by atoms with van der Waals surface area (Å²) >= 11 is 7.51. The second-order valence-electron chi connectivity index (χ2n) is 6.70. The van der Waals surface area contributed by atoms with E-state index < -0.39 is 6.04 Å². The number of halogens is 1. The Morgan fingerprint density at radius 2 is 1.68 bits per heavy atom. The number of carbonyl (C=O) groups excluding carboxylic acids is 3. The minimum absolute atomic E-state index is 0.00488. The number of nitrogens with one attached hydrogen (secondary N) is 1. The number of benzene rings is 1. The van der Waals surface area contributed by atoms with Gasteiger partial charge in [-0.2, -0.15) is 0 Å². The van der Waals surface area contributed by atoms with Crippen molar-refractivity contribution in [3.8, 4) is 0 Å². The number of aryl methyl sites for hydroxylation is 1. The molecule has 2 heterocycles. The first-order valence-electron chi connectivity index (χ1n) is 9.06. The molecular weight excluding hydrogens is 398 g/mol. The monoisotopic (exact) mass is 419 g/mol. The van der Waals surface area contributed by atoms with Gasteiger partial charge >= 0.3 is 0 Å². The standard InChI is InChI=1S/C20H22ClN3O3S/c1-13-7-8-17(28-13)20(27)24-11-9-23(10-12-24)19(26)14(2)22-18(25)15-5-3-4-6-16(15)21/h3-8,14H,9-12H2,1-2H3,(H,22,25). The number of thiophene rings is 1. The van der Waals surface area contributed by atoms with Crippen LogP contribution < -0.4 is 5.32 Å². The van der Waals surface area contributed by atoms with E-state index in [9.17, 15) is 14.4 Å². The summed E-state index contributed by atoms with van der Waals surface area (Å²) in [5.41, 5.74) is 0.338. The zero-order chi connectivity index (χ0) is 20.3. The number of rotatable bonds is 4.